The van der Waals surface area contributed by atoms with Gasteiger partial charge >= 0.3 is 0 Å². The normalized spacial score (nSPS) is 10.5. The molecule has 0 saturated carbocycles. The van der Waals surface area contributed by atoms with Gasteiger partial charge in [0.25, 0.3) is 5.22 Å². The molecule has 0 unspecified atom stereocenters. The average molecular weight is 367 g/mol. The SMILES string of the molecule is CC(=O)c1ccccc1NC(=O)CSc1nnc(-c2ccccc2C)o1. The third-order valence-corrected chi connectivity index (χ3v) is 4.51. The first-order valence-corrected chi connectivity index (χ1v) is 8.95. The Morgan fingerprint density at radius 3 is 2.58 bits per heavy atom. The molecule has 6 nitrogen and oxygen atoms in total. The number of anilines is 1. The summed E-state index contributed by atoms with van der Waals surface area (Å²) in [5.74, 6) is 0.169. The number of carbonyl (C=O) groups is 2. The Morgan fingerprint density at radius 1 is 1.08 bits per heavy atom. The smallest absolute Gasteiger partial charge is 0.277 e. The summed E-state index contributed by atoms with van der Waals surface area (Å²) >= 11 is 1.15. The van der Waals surface area contributed by atoms with Crippen molar-refractivity contribution in [3.05, 3.63) is 59.7 Å². The minimum absolute atomic E-state index is 0.0989. The van der Waals surface area contributed by atoms with Crippen LogP contribution in [-0.2, 0) is 4.79 Å². The first-order chi connectivity index (χ1) is 12.5. The molecule has 0 aliphatic heterocycles. The number of para-hydroxylation sites is 1. The van der Waals surface area contributed by atoms with Gasteiger partial charge in [-0.1, -0.05) is 42.1 Å². The molecule has 0 radical (unpaired) electrons. The molecule has 7 heteroatoms. The molecule has 26 heavy (non-hydrogen) atoms. The van der Waals surface area contributed by atoms with E-state index in [-0.39, 0.29) is 17.4 Å². The number of nitrogens with one attached hydrogen (secondary N) is 1. The number of thioether (sulfide) groups is 1. The van der Waals surface area contributed by atoms with E-state index in [2.05, 4.69) is 15.5 Å². The van der Waals surface area contributed by atoms with Crippen molar-refractivity contribution >= 4 is 29.1 Å². The van der Waals surface area contributed by atoms with Gasteiger partial charge in [-0.3, -0.25) is 9.59 Å². The van der Waals surface area contributed by atoms with Crippen LogP contribution in [0.1, 0.15) is 22.8 Å². The molecule has 3 rings (SSSR count). The number of aromatic nitrogens is 2. The number of benzene rings is 2. The zero-order valence-corrected chi connectivity index (χ0v) is 15.2. The fourth-order valence-electron chi connectivity index (χ4n) is 2.40. The summed E-state index contributed by atoms with van der Waals surface area (Å²) in [5.41, 5.74) is 2.88. The highest BCUT2D eigenvalue weighted by Crippen LogP contribution is 2.25. The van der Waals surface area contributed by atoms with Crippen molar-refractivity contribution in [3.63, 3.8) is 0 Å². The zero-order valence-electron chi connectivity index (χ0n) is 14.4. The molecule has 0 spiro atoms. The molecule has 0 aliphatic rings. The number of nitrogens with zero attached hydrogens (tertiary/aromatic N) is 2. The molecule has 1 N–H and O–H groups in total. The van der Waals surface area contributed by atoms with Crippen LogP contribution in [-0.4, -0.2) is 27.6 Å². The molecule has 1 aromatic heterocycles. The van der Waals surface area contributed by atoms with E-state index in [4.69, 9.17) is 4.42 Å². The van der Waals surface area contributed by atoms with E-state index in [0.29, 0.717) is 22.4 Å². The summed E-state index contributed by atoms with van der Waals surface area (Å²) in [6, 6.07) is 14.6. The number of aryl methyl sites for hydroxylation is 1. The fourth-order valence-corrected chi connectivity index (χ4v) is 2.97. The fraction of sp³-hybridized carbons (Fsp3) is 0.158. The highest BCUT2D eigenvalue weighted by Gasteiger charge is 2.14. The van der Waals surface area contributed by atoms with E-state index in [1.54, 1.807) is 24.3 Å². The van der Waals surface area contributed by atoms with Gasteiger partial charge in [0.05, 0.1) is 11.4 Å². The van der Waals surface area contributed by atoms with Gasteiger partial charge in [-0.2, -0.15) is 0 Å². The van der Waals surface area contributed by atoms with Crippen LogP contribution in [0.3, 0.4) is 0 Å². The third-order valence-electron chi connectivity index (χ3n) is 3.69. The first-order valence-electron chi connectivity index (χ1n) is 7.96. The predicted octanol–water partition coefficient (Wildman–Crippen LogP) is 3.98. The van der Waals surface area contributed by atoms with Crippen LogP contribution in [0.15, 0.2) is 58.2 Å². The Hall–Kier alpha value is -2.93. The van der Waals surface area contributed by atoms with Gasteiger partial charge in [0, 0.05) is 11.1 Å². The second kappa shape index (κ2) is 7.97. The number of carbonyl (C=O) groups excluding carboxylic acids is 2. The van der Waals surface area contributed by atoms with Gasteiger partial charge in [0.2, 0.25) is 11.8 Å². The van der Waals surface area contributed by atoms with Crippen molar-refractivity contribution in [2.75, 3.05) is 11.1 Å². The van der Waals surface area contributed by atoms with Crippen molar-refractivity contribution in [3.8, 4) is 11.5 Å². The minimum atomic E-state index is -0.251. The van der Waals surface area contributed by atoms with Crippen molar-refractivity contribution in [2.24, 2.45) is 0 Å². The van der Waals surface area contributed by atoms with Gasteiger partial charge in [-0.15, -0.1) is 10.2 Å². The van der Waals surface area contributed by atoms with Gasteiger partial charge < -0.3 is 9.73 Å². The van der Waals surface area contributed by atoms with Crippen molar-refractivity contribution in [1.82, 2.24) is 10.2 Å². The lowest BCUT2D eigenvalue weighted by Gasteiger charge is -2.08. The largest absolute Gasteiger partial charge is 0.411 e. The third kappa shape index (κ3) is 4.18. The molecule has 0 bridgehead atoms. The summed E-state index contributed by atoms with van der Waals surface area (Å²) in [6.45, 7) is 3.43. The summed E-state index contributed by atoms with van der Waals surface area (Å²) in [7, 11) is 0. The minimum Gasteiger partial charge on any atom is -0.411 e. The second-order valence-corrected chi connectivity index (χ2v) is 6.55. The maximum absolute atomic E-state index is 12.2. The number of rotatable bonds is 6. The topological polar surface area (TPSA) is 85.1 Å². The first kappa shape index (κ1) is 17.9. The van der Waals surface area contributed by atoms with E-state index < -0.39 is 0 Å². The summed E-state index contributed by atoms with van der Waals surface area (Å²) in [6.07, 6.45) is 0. The summed E-state index contributed by atoms with van der Waals surface area (Å²) in [5, 5.41) is 11.1. The standard InChI is InChI=1S/C19H17N3O3S/c1-12-7-3-4-8-14(12)18-21-22-19(25-18)26-11-17(24)20-16-10-6-5-9-15(16)13(2)23/h3-10H,11H2,1-2H3,(H,20,24). The Morgan fingerprint density at radius 2 is 1.81 bits per heavy atom. The number of Topliss-reactive ketones (excluding diaryl/α,β-unsaturated/α-hetero) is 1. The van der Waals surface area contributed by atoms with Crippen LogP contribution in [0, 0.1) is 6.92 Å². The van der Waals surface area contributed by atoms with Gasteiger partial charge in [-0.05, 0) is 37.6 Å². The molecule has 132 valence electrons. The maximum atomic E-state index is 12.2. The van der Waals surface area contributed by atoms with Crippen LogP contribution < -0.4 is 5.32 Å². The van der Waals surface area contributed by atoms with E-state index >= 15 is 0 Å². The monoisotopic (exact) mass is 367 g/mol. The predicted molar refractivity (Wildman–Crippen MR) is 100 cm³/mol. The summed E-state index contributed by atoms with van der Waals surface area (Å²) in [4.78, 5) is 23.8. The molecule has 3 aromatic rings. The Bertz CT molecular complexity index is 952. The lowest BCUT2D eigenvalue weighted by Crippen LogP contribution is -2.16. The molecule has 2 aromatic carbocycles. The quantitative estimate of drug-likeness (QED) is 0.524. The number of hydrogen-bond acceptors (Lipinski definition) is 6. The van der Waals surface area contributed by atoms with Gasteiger partial charge in [0.15, 0.2) is 5.78 Å². The van der Waals surface area contributed by atoms with Crippen LogP contribution in [0.5, 0.6) is 0 Å². The van der Waals surface area contributed by atoms with Crippen molar-refractivity contribution in [2.45, 2.75) is 19.1 Å². The van der Waals surface area contributed by atoms with E-state index in [1.807, 2.05) is 31.2 Å². The van der Waals surface area contributed by atoms with Crippen LogP contribution in [0.2, 0.25) is 0 Å². The maximum Gasteiger partial charge on any atom is 0.277 e. The lowest BCUT2D eigenvalue weighted by atomic mass is 10.1. The van der Waals surface area contributed by atoms with Crippen LogP contribution >= 0.6 is 11.8 Å². The average Bonchev–Trinajstić information content (AvgIpc) is 3.09. The summed E-state index contributed by atoms with van der Waals surface area (Å²) < 4.78 is 5.62. The van der Waals surface area contributed by atoms with Crippen molar-refractivity contribution < 1.29 is 14.0 Å². The highest BCUT2D eigenvalue weighted by atomic mass is 32.2. The molecule has 0 atom stereocenters. The molecule has 1 heterocycles. The van der Waals surface area contributed by atoms with E-state index in [9.17, 15) is 9.59 Å². The molecular formula is C19H17N3O3S. The Balaban J connectivity index is 1.63. The van der Waals surface area contributed by atoms with Crippen LogP contribution in [0.25, 0.3) is 11.5 Å². The van der Waals surface area contributed by atoms with Gasteiger partial charge in [0.1, 0.15) is 0 Å². The van der Waals surface area contributed by atoms with Gasteiger partial charge in [-0.25, -0.2) is 0 Å². The Kier molecular flexibility index (Phi) is 5.48. The molecule has 0 aliphatic carbocycles. The van der Waals surface area contributed by atoms with Crippen LogP contribution in [0.4, 0.5) is 5.69 Å². The number of hydrogen-bond donors (Lipinski definition) is 1. The highest BCUT2D eigenvalue weighted by molar-refractivity contribution is 7.99. The molecular weight excluding hydrogens is 350 g/mol. The van der Waals surface area contributed by atoms with Crippen molar-refractivity contribution in [1.29, 1.82) is 0 Å². The number of amides is 1. The Labute approximate surface area is 155 Å². The lowest BCUT2D eigenvalue weighted by molar-refractivity contribution is -0.113. The van der Waals surface area contributed by atoms with E-state index in [1.165, 1.54) is 6.92 Å². The molecule has 0 fully saturated rings. The molecule has 0 saturated heterocycles. The number of ketones is 1. The molecule has 1 amide bonds. The second-order valence-electron chi connectivity index (χ2n) is 5.63. The van der Waals surface area contributed by atoms with E-state index in [0.717, 1.165) is 22.9 Å². The zero-order chi connectivity index (χ0) is 18.5.